The molecule has 8 aromatic carbocycles. The van der Waals surface area contributed by atoms with Crippen molar-refractivity contribution >= 4 is 45.7 Å². The quantitative estimate of drug-likeness (QED) is 0.0348. The maximum Gasteiger partial charge on any atom is 0.299 e. The zero-order valence-corrected chi connectivity index (χ0v) is 82.2. The number of hydrogen-bond donors (Lipinski definition) is 0. The fraction of sp³-hybridized carbons (Fsp3) is 0.288. The number of piperidine rings is 4. The van der Waals surface area contributed by atoms with Gasteiger partial charge in [0.15, 0.2) is 11.6 Å². The molecule has 4 fully saturated rings. The Balaban J connectivity index is 0.000000146. The fourth-order valence-electron chi connectivity index (χ4n) is 19.3. The number of nitrogens with zero attached hydrogens (tertiary/aromatic N) is 16. The van der Waals surface area contributed by atoms with Crippen LogP contribution in [0, 0.1) is 94.3 Å². The first-order chi connectivity index (χ1) is 70.4. The second kappa shape index (κ2) is 47.8. The van der Waals surface area contributed by atoms with E-state index in [0.29, 0.717) is 73.5 Å². The maximum absolute atomic E-state index is 13.9. The Morgan fingerprint density at radius 1 is 0.361 bits per heavy atom. The van der Waals surface area contributed by atoms with Gasteiger partial charge in [0.05, 0.1) is 91.8 Å². The molecule has 0 aliphatic carbocycles. The van der Waals surface area contributed by atoms with Crippen LogP contribution >= 0.6 is 0 Å². The zero-order chi connectivity index (χ0) is 101. The Morgan fingerprint density at radius 3 is 1.01 bits per heavy atom. The molecule has 4 saturated heterocycles. The van der Waals surface area contributed by atoms with Gasteiger partial charge < -0.3 is 38.5 Å². The highest BCUT2D eigenvalue weighted by Gasteiger charge is 2.37. The smallest absolute Gasteiger partial charge is 0.299 e. The largest absolute Gasteiger partial charge is 0.489 e. The molecule has 4 amide bonds. The summed E-state index contributed by atoms with van der Waals surface area (Å²) < 4.78 is 99.3. The number of imidazole rings is 4. The molecule has 0 radical (unpaired) electrons. The number of aromatic nitrogens is 12. The highest BCUT2D eigenvalue weighted by Crippen LogP contribution is 2.43. The minimum Gasteiger partial charge on any atom is -0.489 e. The first kappa shape index (κ1) is 105. The Bertz CT molecular complexity index is 7630. The van der Waals surface area contributed by atoms with E-state index in [1.54, 1.807) is 94.9 Å². The second-order valence-corrected chi connectivity index (χ2v) is 36.2. The number of carbonyl (C=O) groups is 4. The van der Waals surface area contributed by atoms with E-state index in [4.69, 9.17) is 38.9 Å². The molecule has 0 N–H and O–H groups in total. The van der Waals surface area contributed by atoms with E-state index < -0.39 is 11.6 Å². The summed E-state index contributed by atoms with van der Waals surface area (Å²) in [6.07, 6.45) is 28.8. The van der Waals surface area contributed by atoms with Gasteiger partial charge in [-0.05, 0) is 287 Å². The monoisotopic (exact) mass is 1980 g/mol. The first-order valence-corrected chi connectivity index (χ1v) is 48.7. The summed E-state index contributed by atoms with van der Waals surface area (Å²) in [5, 5.41) is 0. The molecule has 147 heavy (non-hydrogen) atoms. The van der Waals surface area contributed by atoms with Crippen molar-refractivity contribution in [3.8, 4) is 91.7 Å². The minimum absolute atomic E-state index is 0. The molecule has 0 unspecified atom stereocenters. The molecule has 0 saturated carbocycles. The standard InChI is InChI=1S/C30H29FN4O2.C29H29FN4O2.C29H27FN4O2.C28H26F2N4O2.2CH4/c1-4-7-27(36)34-16-6-5-8-26(34)30-33-28(29-21(3)32-15-17-35(29)30)23-11-9-22(10-12-23)19-37-24-13-14-25(31)20(2)18-24;1-4-26(35)33-15-6-5-7-25(33)29-32-27(28-20(3)31-14-16-34(28)29)22-10-8-21(9-11-22)18-36-23-12-13-24(30)19(2)17-23;1-3-7-26(35)33-16-5-4-10-25(33)29-32-27(28-20(2)31-15-17-34(28)29)22-11-13-24(14-12-22)36-19-21-8-6-9-23(30)18-21;1-3-24(35)33-15-5-4-9-23(33)28-32-26(27-18(2)31-14-16-34(27)28)19-10-12-21(13-11-19)36-17-20-7-6-8-22(29)25(20)30;;/h9-15,17-18,26H,5-6,8,16,19H2,1-3H3;4,8-14,16-17,25H,1,5-7,15,18H2,2-3H3;6,8-9,11-15,17-18,25H,4-5,10,16,19H2,1-2H3;3,6-8,10-14,16,23H,1,4-5,9,15,17H2,2H3;2*1H4/t26-;2*25-;23-;;/m0000../s1. The Morgan fingerprint density at radius 2 is 0.673 bits per heavy atom. The molecule has 16 aromatic rings. The normalized spacial score (nSPS) is 15.4. The van der Waals surface area contributed by atoms with Crippen molar-refractivity contribution < 1.29 is 60.1 Å². The third-order valence-electron chi connectivity index (χ3n) is 26.7. The van der Waals surface area contributed by atoms with Crippen LogP contribution in [0.2, 0.25) is 0 Å². The zero-order valence-electron chi connectivity index (χ0n) is 82.2. The fourth-order valence-corrected chi connectivity index (χ4v) is 19.3. The summed E-state index contributed by atoms with van der Waals surface area (Å²) in [5.41, 5.74) is 18.1. The van der Waals surface area contributed by atoms with Crippen LogP contribution in [0.25, 0.3) is 67.1 Å². The molecule has 29 heteroatoms. The summed E-state index contributed by atoms with van der Waals surface area (Å²) in [6, 6.07) is 50.5. The lowest BCUT2D eigenvalue weighted by Crippen LogP contribution is -2.38. The van der Waals surface area contributed by atoms with Crippen molar-refractivity contribution in [2.45, 2.75) is 198 Å². The second-order valence-electron chi connectivity index (χ2n) is 36.2. The Labute approximate surface area is 853 Å². The molecule has 24 nitrogen and oxygen atoms in total. The van der Waals surface area contributed by atoms with Gasteiger partial charge in [0, 0.05) is 104 Å². The van der Waals surface area contributed by atoms with E-state index >= 15 is 0 Å². The van der Waals surface area contributed by atoms with Crippen LogP contribution in [0.1, 0.15) is 209 Å². The summed E-state index contributed by atoms with van der Waals surface area (Å²) in [5.74, 6) is 13.6. The third kappa shape index (κ3) is 23.5. The van der Waals surface area contributed by atoms with Gasteiger partial charge in [-0.3, -0.25) is 56.7 Å². The van der Waals surface area contributed by atoms with E-state index in [0.717, 1.165) is 213 Å². The lowest BCUT2D eigenvalue weighted by Gasteiger charge is -2.34. The van der Waals surface area contributed by atoms with Gasteiger partial charge in [-0.15, -0.1) is 0 Å². The number of carbonyl (C=O) groups excluding carboxylic acids is 4. The lowest BCUT2D eigenvalue weighted by atomic mass is 10.0. The number of benzene rings is 8. The van der Waals surface area contributed by atoms with Gasteiger partial charge in [-0.2, -0.15) is 0 Å². The first-order valence-electron chi connectivity index (χ1n) is 48.7. The van der Waals surface area contributed by atoms with Crippen LogP contribution in [0.5, 0.6) is 23.0 Å². The van der Waals surface area contributed by atoms with E-state index in [1.807, 2.05) is 167 Å². The summed E-state index contributed by atoms with van der Waals surface area (Å²) in [7, 11) is 0. The minimum atomic E-state index is -0.902. The van der Waals surface area contributed by atoms with Crippen molar-refractivity contribution in [3.05, 3.63) is 359 Å². The van der Waals surface area contributed by atoms with Crippen LogP contribution in [0.4, 0.5) is 22.0 Å². The van der Waals surface area contributed by atoms with Gasteiger partial charge in [0.2, 0.25) is 11.8 Å². The SMILES string of the molecule is C.C.C=CC(=O)N1CCCC[C@H]1c1nc(-c2ccc(COc3ccc(F)c(C)c3)cc2)c2c(C)nccn12.C=CC(=O)N1CCCC[C@H]1c1nc(-c2ccc(OCc3cccc(F)c3F)cc2)c2c(C)nccn12.CC#CC(=O)N1CCCC[C@H]1c1nc(-c2ccc(COc3ccc(F)c(C)c3)cc2)c2c(C)nccn12.CC#CC(=O)N1CCCC[C@H]1c1nc(-c2ccc(OCc3cccc(F)c3)cc2)c2c(C)nccn12. The summed E-state index contributed by atoms with van der Waals surface area (Å²) >= 11 is 0. The molecule has 4 atom stereocenters. The summed E-state index contributed by atoms with van der Waals surface area (Å²) in [4.78, 5) is 96.4. The van der Waals surface area contributed by atoms with Crippen molar-refractivity contribution in [2.24, 2.45) is 0 Å². The van der Waals surface area contributed by atoms with Gasteiger partial charge in [0.1, 0.15) is 90.2 Å². The van der Waals surface area contributed by atoms with Gasteiger partial charge in [0.25, 0.3) is 11.8 Å². The van der Waals surface area contributed by atoms with Gasteiger partial charge in [-0.1, -0.05) is 113 Å². The number of halogens is 5. The number of likely N-dealkylation sites (tertiary alicyclic amines) is 4. The lowest BCUT2D eigenvalue weighted by molar-refractivity contribution is -0.130. The van der Waals surface area contributed by atoms with E-state index in [9.17, 15) is 41.1 Å². The predicted molar refractivity (Wildman–Crippen MR) is 559 cm³/mol. The van der Waals surface area contributed by atoms with Crippen molar-refractivity contribution in [3.63, 3.8) is 0 Å². The number of rotatable bonds is 22. The number of aryl methyl sites for hydroxylation is 6. The van der Waals surface area contributed by atoms with E-state index in [1.165, 1.54) is 48.6 Å². The Hall–Kier alpha value is -16.4. The molecule has 8 aromatic heterocycles. The number of ether oxygens (including phenoxy) is 4. The topological polar surface area (TPSA) is 239 Å². The van der Waals surface area contributed by atoms with Crippen LogP contribution in [0.15, 0.2) is 251 Å². The molecule has 12 heterocycles. The third-order valence-corrected chi connectivity index (χ3v) is 26.7. The predicted octanol–water partition coefficient (Wildman–Crippen LogP) is 24.4. The molecule has 20 rings (SSSR count). The molecule has 4 aliphatic heterocycles. The molecule has 0 spiro atoms. The van der Waals surface area contributed by atoms with Crippen LogP contribution < -0.4 is 18.9 Å². The van der Waals surface area contributed by atoms with Crippen molar-refractivity contribution in [1.82, 2.24) is 77.1 Å². The number of fused-ring (bicyclic) bond motifs is 4. The number of hydrogen-bond acceptors (Lipinski definition) is 16. The van der Waals surface area contributed by atoms with Crippen LogP contribution in [0.3, 0.4) is 0 Å². The van der Waals surface area contributed by atoms with E-state index in [2.05, 4.69) is 70.0 Å². The van der Waals surface area contributed by atoms with Crippen molar-refractivity contribution in [2.75, 3.05) is 26.2 Å². The van der Waals surface area contributed by atoms with Crippen molar-refractivity contribution in [1.29, 1.82) is 0 Å². The number of amides is 4. The maximum atomic E-state index is 13.9. The molecule has 0 bridgehead atoms. The average Bonchev–Trinajstić information content (AvgIpc) is 1.62. The highest BCUT2D eigenvalue weighted by molar-refractivity contribution is 5.95. The highest BCUT2D eigenvalue weighted by atomic mass is 19.2. The average molecular weight is 1980 g/mol. The van der Waals surface area contributed by atoms with Crippen LogP contribution in [-0.4, -0.2) is 127 Å². The molecule has 4 aliphatic rings. The van der Waals surface area contributed by atoms with Crippen LogP contribution in [-0.2, 0) is 45.6 Å². The molecular weight excluding hydrogens is 1860 g/mol. The molecule has 754 valence electrons. The van der Waals surface area contributed by atoms with E-state index in [-0.39, 0.29) is 98.9 Å². The Kier molecular flexibility index (Phi) is 34.1. The van der Waals surface area contributed by atoms with Gasteiger partial charge in [-0.25, -0.2) is 41.9 Å². The summed E-state index contributed by atoms with van der Waals surface area (Å²) in [6.45, 7) is 25.7. The molecular formula is C118H119F5N16O8. The van der Waals surface area contributed by atoms with Gasteiger partial charge >= 0.3 is 0 Å².